The summed E-state index contributed by atoms with van der Waals surface area (Å²) in [6.45, 7) is 4.80. The monoisotopic (exact) mass is 157 g/mol. The lowest BCUT2D eigenvalue weighted by Crippen LogP contribution is -2.35. The molecule has 1 aliphatic heterocycles. The highest BCUT2D eigenvalue weighted by atomic mass is 16.3. The van der Waals surface area contributed by atoms with Crippen LogP contribution in [0.15, 0.2) is 0 Å². The Labute approximate surface area is 69.0 Å². The van der Waals surface area contributed by atoms with E-state index in [1.807, 2.05) is 0 Å². The van der Waals surface area contributed by atoms with Gasteiger partial charge in [-0.25, -0.2) is 0 Å². The summed E-state index contributed by atoms with van der Waals surface area (Å²) in [7, 11) is 0. The molecule has 2 atom stereocenters. The third-order valence-electron chi connectivity index (χ3n) is 2.76. The van der Waals surface area contributed by atoms with E-state index in [0.717, 1.165) is 18.9 Å². The van der Waals surface area contributed by atoms with Crippen molar-refractivity contribution < 1.29 is 5.11 Å². The van der Waals surface area contributed by atoms with Gasteiger partial charge >= 0.3 is 0 Å². The van der Waals surface area contributed by atoms with Crippen molar-refractivity contribution in [3.63, 3.8) is 0 Å². The molecule has 0 amide bonds. The van der Waals surface area contributed by atoms with Crippen molar-refractivity contribution in [3.05, 3.63) is 0 Å². The summed E-state index contributed by atoms with van der Waals surface area (Å²) >= 11 is 0. The predicted octanol–water partition coefficient (Wildman–Crippen LogP) is 1.00. The van der Waals surface area contributed by atoms with Gasteiger partial charge in [0.15, 0.2) is 0 Å². The van der Waals surface area contributed by atoms with Gasteiger partial charge in [-0.15, -0.1) is 0 Å². The van der Waals surface area contributed by atoms with Crippen LogP contribution in [-0.4, -0.2) is 24.8 Å². The van der Waals surface area contributed by atoms with Gasteiger partial charge in [-0.2, -0.15) is 0 Å². The molecule has 0 aromatic heterocycles. The Hall–Kier alpha value is -0.0800. The fourth-order valence-corrected chi connectivity index (χ4v) is 1.89. The summed E-state index contributed by atoms with van der Waals surface area (Å²) in [5, 5.41) is 12.4. The first-order chi connectivity index (χ1) is 5.38. The molecule has 1 saturated heterocycles. The molecule has 2 N–H and O–H groups in total. The zero-order chi connectivity index (χ0) is 8.10. The molecular formula is C9H19NO. The Morgan fingerprint density at radius 2 is 2.45 bits per heavy atom. The highest BCUT2D eigenvalue weighted by Gasteiger charge is 2.20. The van der Waals surface area contributed by atoms with Crippen molar-refractivity contribution in [1.29, 1.82) is 0 Å². The summed E-state index contributed by atoms with van der Waals surface area (Å²) in [6, 6.07) is 0. The minimum absolute atomic E-state index is 0.364. The molecule has 0 spiro atoms. The van der Waals surface area contributed by atoms with Crippen LogP contribution in [0.25, 0.3) is 0 Å². The second kappa shape index (κ2) is 4.73. The van der Waals surface area contributed by atoms with Crippen LogP contribution in [0.2, 0.25) is 0 Å². The van der Waals surface area contributed by atoms with E-state index in [2.05, 4.69) is 12.2 Å². The number of aliphatic hydroxyl groups is 1. The summed E-state index contributed by atoms with van der Waals surface area (Å²) in [5.74, 6) is 1.25. The molecule has 2 heteroatoms. The molecule has 0 aromatic carbocycles. The molecule has 11 heavy (non-hydrogen) atoms. The lowest BCUT2D eigenvalue weighted by molar-refractivity contribution is 0.151. The second-order valence-electron chi connectivity index (χ2n) is 3.46. The smallest absolute Gasteiger partial charge is 0.0462 e. The van der Waals surface area contributed by atoms with E-state index < -0.39 is 0 Å². The van der Waals surface area contributed by atoms with Gasteiger partial charge in [0.25, 0.3) is 0 Å². The first-order valence-corrected chi connectivity index (χ1v) is 4.70. The Bertz CT molecular complexity index is 95.7. The summed E-state index contributed by atoms with van der Waals surface area (Å²) in [4.78, 5) is 0. The van der Waals surface area contributed by atoms with Gasteiger partial charge in [-0.05, 0) is 37.8 Å². The Balaban J connectivity index is 2.30. The summed E-state index contributed by atoms with van der Waals surface area (Å²) in [5.41, 5.74) is 0. The average Bonchev–Trinajstić information content (AvgIpc) is 2.09. The van der Waals surface area contributed by atoms with Crippen LogP contribution in [-0.2, 0) is 0 Å². The van der Waals surface area contributed by atoms with E-state index >= 15 is 0 Å². The molecule has 0 saturated carbocycles. The zero-order valence-electron chi connectivity index (χ0n) is 7.34. The largest absolute Gasteiger partial charge is 0.396 e. The highest BCUT2D eigenvalue weighted by Crippen LogP contribution is 2.21. The van der Waals surface area contributed by atoms with Gasteiger partial charge in [-0.1, -0.05) is 13.3 Å². The van der Waals surface area contributed by atoms with Gasteiger partial charge in [0.05, 0.1) is 0 Å². The SMILES string of the molecule is CCC(CO)C1CCCNC1. The standard InChI is InChI=1S/C9H19NO/c1-2-8(7-11)9-4-3-5-10-6-9/h8-11H,2-7H2,1H3. The van der Waals surface area contributed by atoms with Crippen molar-refractivity contribution in [2.45, 2.75) is 26.2 Å². The fraction of sp³-hybridized carbons (Fsp3) is 1.00. The number of hydrogen-bond acceptors (Lipinski definition) is 2. The second-order valence-corrected chi connectivity index (χ2v) is 3.46. The molecule has 66 valence electrons. The molecule has 1 heterocycles. The molecule has 0 radical (unpaired) electrons. The number of piperidine rings is 1. The molecule has 0 aromatic rings. The van der Waals surface area contributed by atoms with Gasteiger partial charge in [-0.3, -0.25) is 0 Å². The third kappa shape index (κ3) is 2.46. The Kier molecular flexibility index (Phi) is 3.87. The van der Waals surface area contributed by atoms with Crippen LogP contribution in [0.3, 0.4) is 0 Å². The Morgan fingerprint density at radius 1 is 1.64 bits per heavy atom. The molecular weight excluding hydrogens is 138 g/mol. The number of hydrogen-bond donors (Lipinski definition) is 2. The molecule has 1 fully saturated rings. The topological polar surface area (TPSA) is 32.3 Å². The van der Waals surface area contributed by atoms with E-state index in [9.17, 15) is 0 Å². The maximum Gasteiger partial charge on any atom is 0.0462 e. The van der Waals surface area contributed by atoms with Crippen LogP contribution in [0.1, 0.15) is 26.2 Å². The summed E-state index contributed by atoms with van der Waals surface area (Å²) < 4.78 is 0. The van der Waals surface area contributed by atoms with Crippen LogP contribution in [0.4, 0.5) is 0 Å². The number of aliphatic hydroxyl groups excluding tert-OH is 1. The predicted molar refractivity (Wildman–Crippen MR) is 46.5 cm³/mol. The fourth-order valence-electron chi connectivity index (χ4n) is 1.89. The molecule has 1 aliphatic rings. The first kappa shape index (κ1) is 9.01. The minimum atomic E-state index is 0.364. The Morgan fingerprint density at radius 3 is 2.91 bits per heavy atom. The first-order valence-electron chi connectivity index (χ1n) is 4.70. The van der Waals surface area contributed by atoms with E-state index in [0.29, 0.717) is 12.5 Å². The highest BCUT2D eigenvalue weighted by molar-refractivity contribution is 4.74. The molecule has 1 rings (SSSR count). The maximum atomic E-state index is 9.05. The summed E-state index contributed by atoms with van der Waals surface area (Å²) in [6.07, 6.45) is 3.69. The lowest BCUT2D eigenvalue weighted by Gasteiger charge is -2.28. The van der Waals surface area contributed by atoms with Crippen LogP contribution >= 0.6 is 0 Å². The van der Waals surface area contributed by atoms with Gasteiger partial charge in [0.1, 0.15) is 0 Å². The van der Waals surface area contributed by atoms with Gasteiger partial charge in [0, 0.05) is 6.61 Å². The van der Waals surface area contributed by atoms with Crippen LogP contribution < -0.4 is 5.32 Å². The quantitative estimate of drug-likeness (QED) is 0.640. The molecule has 2 nitrogen and oxygen atoms in total. The minimum Gasteiger partial charge on any atom is -0.396 e. The van der Waals surface area contributed by atoms with Crippen molar-refractivity contribution in [3.8, 4) is 0 Å². The van der Waals surface area contributed by atoms with Gasteiger partial charge < -0.3 is 10.4 Å². The third-order valence-corrected chi connectivity index (χ3v) is 2.76. The molecule has 0 aliphatic carbocycles. The van der Waals surface area contributed by atoms with Crippen LogP contribution in [0, 0.1) is 11.8 Å². The van der Waals surface area contributed by atoms with Crippen molar-refractivity contribution in [2.75, 3.05) is 19.7 Å². The van der Waals surface area contributed by atoms with Crippen molar-refractivity contribution in [2.24, 2.45) is 11.8 Å². The van der Waals surface area contributed by atoms with Crippen molar-refractivity contribution >= 4 is 0 Å². The molecule has 2 unspecified atom stereocenters. The normalized spacial score (nSPS) is 28.4. The van der Waals surface area contributed by atoms with E-state index in [-0.39, 0.29) is 0 Å². The zero-order valence-corrected chi connectivity index (χ0v) is 7.34. The molecule has 0 bridgehead atoms. The van der Waals surface area contributed by atoms with Crippen LogP contribution in [0.5, 0.6) is 0 Å². The van der Waals surface area contributed by atoms with Crippen molar-refractivity contribution in [1.82, 2.24) is 5.32 Å². The van der Waals surface area contributed by atoms with E-state index in [4.69, 9.17) is 5.11 Å². The van der Waals surface area contributed by atoms with E-state index in [1.54, 1.807) is 0 Å². The van der Waals surface area contributed by atoms with Gasteiger partial charge in [0.2, 0.25) is 0 Å². The maximum absolute atomic E-state index is 9.05. The number of nitrogens with one attached hydrogen (secondary N) is 1. The van der Waals surface area contributed by atoms with E-state index in [1.165, 1.54) is 19.4 Å². The number of rotatable bonds is 3. The lowest BCUT2D eigenvalue weighted by atomic mass is 9.85. The average molecular weight is 157 g/mol.